The number of nitrogens with zero attached hydrogens (tertiary/aromatic N) is 2. The predicted octanol–water partition coefficient (Wildman–Crippen LogP) is 3.43. The molecule has 0 spiro atoms. The Hall–Kier alpha value is -1.27. The maximum atomic E-state index is 14.0. The highest BCUT2D eigenvalue weighted by Gasteiger charge is 2.32. The third kappa shape index (κ3) is 6.32. The fourth-order valence-electron chi connectivity index (χ4n) is 2.49. The van der Waals surface area contributed by atoms with Crippen molar-refractivity contribution in [2.24, 2.45) is 0 Å². The summed E-state index contributed by atoms with van der Waals surface area (Å²) in [5.41, 5.74) is 0.0465. The number of benzene rings is 1. The van der Waals surface area contributed by atoms with Crippen LogP contribution in [0.25, 0.3) is 0 Å². The number of rotatable bonds is 4. The lowest BCUT2D eigenvalue weighted by atomic mass is 10.0. The average molecular weight is 390 g/mol. The third-order valence-corrected chi connectivity index (χ3v) is 3.44. The topological polar surface area (TPSA) is 48.3 Å². The minimum Gasteiger partial charge on any atom is -0.406 e. The zero-order chi connectivity index (χ0) is 16.2. The molecule has 0 radical (unpaired) electrons. The number of nitriles is 1. The van der Waals surface area contributed by atoms with E-state index in [9.17, 15) is 17.6 Å². The Morgan fingerprint density at radius 3 is 2.42 bits per heavy atom. The Morgan fingerprint density at radius 1 is 1.25 bits per heavy atom. The molecule has 24 heavy (non-hydrogen) atoms. The van der Waals surface area contributed by atoms with Crippen LogP contribution in [0.15, 0.2) is 18.2 Å². The smallest absolute Gasteiger partial charge is 0.406 e. The molecule has 1 atom stereocenters. The van der Waals surface area contributed by atoms with Crippen LogP contribution in [0.3, 0.4) is 0 Å². The number of hydrogen-bond donors (Lipinski definition) is 1. The van der Waals surface area contributed by atoms with Gasteiger partial charge in [-0.15, -0.1) is 38.0 Å². The summed E-state index contributed by atoms with van der Waals surface area (Å²) in [6.07, 6.45) is -4.85. The van der Waals surface area contributed by atoms with Gasteiger partial charge in [-0.3, -0.25) is 4.90 Å². The van der Waals surface area contributed by atoms with Gasteiger partial charge in [0.1, 0.15) is 11.6 Å². The molecule has 1 fully saturated rings. The predicted molar refractivity (Wildman–Crippen MR) is 85.0 cm³/mol. The van der Waals surface area contributed by atoms with Crippen molar-refractivity contribution < 1.29 is 22.3 Å². The van der Waals surface area contributed by atoms with E-state index < -0.39 is 24.0 Å². The largest absolute Gasteiger partial charge is 0.573 e. The number of piperazine rings is 1. The van der Waals surface area contributed by atoms with Gasteiger partial charge >= 0.3 is 6.36 Å². The van der Waals surface area contributed by atoms with E-state index in [2.05, 4.69) is 10.1 Å². The summed E-state index contributed by atoms with van der Waals surface area (Å²) in [5, 5.41) is 12.1. The summed E-state index contributed by atoms with van der Waals surface area (Å²) >= 11 is 0. The van der Waals surface area contributed by atoms with Crippen LogP contribution < -0.4 is 10.1 Å². The summed E-state index contributed by atoms with van der Waals surface area (Å²) in [5.74, 6) is -1.13. The van der Waals surface area contributed by atoms with Crippen molar-refractivity contribution in [3.8, 4) is 11.8 Å². The van der Waals surface area contributed by atoms with Crippen LogP contribution in [-0.4, -0.2) is 37.4 Å². The van der Waals surface area contributed by atoms with Crippen LogP contribution in [0.1, 0.15) is 18.0 Å². The van der Waals surface area contributed by atoms with Gasteiger partial charge in [-0.2, -0.15) is 5.26 Å². The summed E-state index contributed by atoms with van der Waals surface area (Å²) in [6, 6.07) is 4.25. The fourth-order valence-corrected chi connectivity index (χ4v) is 2.49. The highest BCUT2D eigenvalue weighted by molar-refractivity contribution is 5.85. The van der Waals surface area contributed by atoms with Crippen LogP contribution >= 0.6 is 24.8 Å². The maximum Gasteiger partial charge on any atom is 0.573 e. The highest BCUT2D eigenvalue weighted by atomic mass is 35.5. The zero-order valence-corrected chi connectivity index (χ0v) is 14.1. The van der Waals surface area contributed by atoms with E-state index in [0.717, 1.165) is 18.2 Å². The second kappa shape index (κ2) is 9.89. The van der Waals surface area contributed by atoms with E-state index in [4.69, 9.17) is 5.26 Å². The maximum absolute atomic E-state index is 14.0. The molecule has 1 aliphatic rings. The number of ether oxygens (including phenoxy) is 1. The monoisotopic (exact) mass is 389 g/mol. The van der Waals surface area contributed by atoms with E-state index in [0.29, 0.717) is 26.2 Å². The fraction of sp³-hybridized carbons (Fsp3) is 0.500. The van der Waals surface area contributed by atoms with Crippen molar-refractivity contribution in [1.29, 1.82) is 5.26 Å². The zero-order valence-electron chi connectivity index (χ0n) is 12.5. The number of hydrogen-bond acceptors (Lipinski definition) is 4. The van der Waals surface area contributed by atoms with Gasteiger partial charge < -0.3 is 10.1 Å². The SMILES string of the molecule is Cl.Cl.N#CC[C@@H](c1cc(OC(F)(F)F)ccc1F)N1CCNCC1. The lowest BCUT2D eigenvalue weighted by Crippen LogP contribution is -2.45. The first kappa shape index (κ1) is 22.7. The summed E-state index contributed by atoms with van der Waals surface area (Å²) < 4.78 is 54.7. The van der Waals surface area contributed by atoms with Crippen LogP contribution in [-0.2, 0) is 0 Å². The Kier molecular flexibility index (Phi) is 9.37. The molecule has 2 rings (SSSR count). The van der Waals surface area contributed by atoms with Crippen LogP contribution in [0.5, 0.6) is 5.75 Å². The van der Waals surface area contributed by atoms with Crippen molar-refractivity contribution in [3.63, 3.8) is 0 Å². The molecule has 0 aromatic heterocycles. The van der Waals surface area contributed by atoms with Gasteiger partial charge in [0.25, 0.3) is 0 Å². The average Bonchev–Trinajstić information content (AvgIpc) is 2.46. The minimum atomic E-state index is -4.84. The van der Waals surface area contributed by atoms with Gasteiger partial charge in [-0.1, -0.05) is 0 Å². The minimum absolute atomic E-state index is 0. The van der Waals surface area contributed by atoms with Crippen molar-refractivity contribution in [2.45, 2.75) is 18.8 Å². The van der Waals surface area contributed by atoms with E-state index in [1.54, 1.807) is 0 Å². The molecule has 10 heteroatoms. The standard InChI is InChI=1S/C14H15F4N3O.2ClH/c15-12-2-1-10(22-14(16,17)18)9-11(12)13(3-4-19)21-7-5-20-6-8-21;;/h1-2,9,13,20H,3,5-8H2;2*1H/t13-;;/m0../s1. The lowest BCUT2D eigenvalue weighted by Gasteiger charge is -2.34. The molecule has 0 amide bonds. The molecule has 0 unspecified atom stereocenters. The summed E-state index contributed by atoms with van der Waals surface area (Å²) in [4.78, 5) is 1.88. The normalized spacial score (nSPS) is 16.3. The second-order valence-corrected chi connectivity index (χ2v) is 4.90. The van der Waals surface area contributed by atoms with Crippen LogP contribution in [0, 0.1) is 17.1 Å². The Morgan fingerprint density at radius 2 is 1.88 bits per heavy atom. The van der Waals surface area contributed by atoms with Crippen LogP contribution in [0.4, 0.5) is 17.6 Å². The van der Waals surface area contributed by atoms with Gasteiger partial charge in [-0.05, 0) is 18.2 Å². The van der Waals surface area contributed by atoms with E-state index in [1.165, 1.54) is 0 Å². The van der Waals surface area contributed by atoms with Crippen molar-refractivity contribution in [1.82, 2.24) is 10.2 Å². The first-order valence-electron chi connectivity index (χ1n) is 6.77. The molecule has 1 aromatic rings. The van der Waals surface area contributed by atoms with Gasteiger partial charge in [0, 0.05) is 31.7 Å². The Labute approximate surface area is 149 Å². The molecule has 0 saturated carbocycles. The summed E-state index contributed by atoms with van der Waals surface area (Å²) in [7, 11) is 0. The Bertz CT molecular complexity index is 560. The molecule has 1 aromatic carbocycles. The number of alkyl halides is 3. The summed E-state index contributed by atoms with van der Waals surface area (Å²) in [6.45, 7) is 2.55. The first-order chi connectivity index (χ1) is 10.4. The molecular formula is C14H17Cl2F4N3O. The van der Waals surface area contributed by atoms with Crippen LogP contribution in [0.2, 0.25) is 0 Å². The van der Waals surface area contributed by atoms with Crippen molar-refractivity contribution >= 4 is 24.8 Å². The molecular weight excluding hydrogens is 373 g/mol. The highest BCUT2D eigenvalue weighted by Crippen LogP contribution is 2.31. The first-order valence-corrected chi connectivity index (χ1v) is 6.77. The van der Waals surface area contributed by atoms with Crippen molar-refractivity contribution in [2.75, 3.05) is 26.2 Å². The lowest BCUT2D eigenvalue weighted by molar-refractivity contribution is -0.274. The molecule has 0 aliphatic carbocycles. The quantitative estimate of drug-likeness (QED) is 0.801. The Balaban J connectivity index is 0.00000264. The third-order valence-electron chi connectivity index (χ3n) is 3.44. The number of halogens is 6. The molecule has 136 valence electrons. The van der Waals surface area contributed by atoms with Crippen molar-refractivity contribution in [3.05, 3.63) is 29.6 Å². The molecule has 1 saturated heterocycles. The van der Waals surface area contributed by atoms with E-state index in [-0.39, 0.29) is 36.8 Å². The molecule has 4 nitrogen and oxygen atoms in total. The molecule has 1 N–H and O–H groups in total. The van der Waals surface area contributed by atoms with E-state index in [1.807, 2.05) is 11.0 Å². The second-order valence-electron chi connectivity index (χ2n) is 4.90. The van der Waals surface area contributed by atoms with Gasteiger partial charge in [-0.25, -0.2) is 4.39 Å². The molecule has 0 bridgehead atoms. The van der Waals surface area contributed by atoms with Gasteiger partial charge in [0.15, 0.2) is 0 Å². The molecule has 1 aliphatic heterocycles. The van der Waals surface area contributed by atoms with Gasteiger partial charge in [0.05, 0.1) is 18.5 Å². The van der Waals surface area contributed by atoms with Gasteiger partial charge in [0.2, 0.25) is 0 Å². The number of nitrogens with one attached hydrogen (secondary N) is 1. The van der Waals surface area contributed by atoms with E-state index >= 15 is 0 Å². The molecule has 1 heterocycles.